The molecule has 1 amide bonds. The smallest absolute Gasteiger partial charge is 0.344 e. The first-order chi connectivity index (χ1) is 10.3. The number of carbonyl (C=O) groups excluding carboxylic acids is 1. The predicted octanol–water partition coefficient (Wildman–Crippen LogP) is 2.01. The SMILES string of the molecule is C[C@@H]1N2C(=O)[C@@](N=Cc3ccccc3)(C(=O)O)[C@H]2SC1(C)C. The van der Waals surface area contributed by atoms with Gasteiger partial charge in [-0.2, -0.15) is 0 Å². The van der Waals surface area contributed by atoms with E-state index in [1.165, 1.54) is 18.0 Å². The molecular formula is C16H18N2O3S. The highest BCUT2D eigenvalue weighted by atomic mass is 32.2. The van der Waals surface area contributed by atoms with E-state index in [4.69, 9.17) is 0 Å². The number of β-lactam (4-membered cyclic amide) rings is 1. The van der Waals surface area contributed by atoms with E-state index in [0.29, 0.717) is 0 Å². The second-order valence-electron chi connectivity index (χ2n) is 6.20. The third-order valence-corrected chi connectivity index (χ3v) is 6.29. The first-order valence-corrected chi connectivity index (χ1v) is 8.03. The maximum absolute atomic E-state index is 12.5. The minimum absolute atomic E-state index is 0.00518. The average molecular weight is 318 g/mol. The van der Waals surface area contributed by atoms with Gasteiger partial charge >= 0.3 is 5.97 Å². The Morgan fingerprint density at radius 2 is 2.00 bits per heavy atom. The lowest BCUT2D eigenvalue weighted by Crippen LogP contribution is -2.74. The van der Waals surface area contributed by atoms with Crippen molar-refractivity contribution in [1.29, 1.82) is 0 Å². The summed E-state index contributed by atoms with van der Waals surface area (Å²) in [5.74, 6) is -1.59. The highest BCUT2D eigenvalue weighted by Gasteiger charge is 2.73. The Morgan fingerprint density at radius 1 is 1.36 bits per heavy atom. The largest absolute Gasteiger partial charge is 0.479 e. The number of carbonyl (C=O) groups is 2. The van der Waals surface area contributed by atoms with Crippen LogP contribution in [0.3, 0.4) is 0 Å². The molecule has 116 valence electrons. The van der Waals surface area contributed by atoms with Crippen molar-refractivity contribution in [3.05, 3.63) is 35.9 Å². The van der Waals surface area contributed by atoms with Crippen LogP contribution in [0, 0.1) is 0 Å². The van der Waals surface area contributed by atoms with Gasteiger partial charge in [0.15, 0.2) is 0 Å². The molecule has 6 heteroatoms. The standard InChI is InChI=1S/C16H18N2O3S/c1-10-15(2,3)22-13-16(14(20)21,12(19)18(10)13)17-9-11-7-5-4-6-8-11/h4-10,13H,1-3H3,(H,20,21)/t10-,13+,16-/m0/s1. The number of fused-ring (bicyclic) bond motifs is 1. The Balaban J connectivity index is 1.97. The molecule has 5 nitrogen and oxygen atoms in total. The minimum atomic E-state index is -1.69. The molecule has 0 aromatic heterocycles. The molecule has 0 spiro atoms. The van der Waals surface area contributed by atoms with Crippen LogP contribution in [-0.2, 0) is 9.59 Å². The molecule has 2 saturated heterocycles. The van der Waals surface area contributed by atoms with Gasteiger partial charge in [0.05, 0.1) is 0 Å². The summed E-state index contributed by atoms with van der Waals surface area (Å²) in [5.41, 5.74) is -0.910. The molecule has 0 unspecified atom stereocenters. The van der Waals surface area contributed by atoms with Gasteiger partial charge in [-0.3, -0.25) is 9.79 Å². The van der Waals surface area contributed by atoms with Crippen molar-refractivity contribution in [2.45, 2.75) is 42.5 Å². The molecular weight excluding hydrogens is 300 g/mol. The van der Waals surface area contributed by atoms with E-state index >= 15 is 0 Å². The lowest BCUT2D eigenvalue weighted by atomic mass is 9.85. The average Bonchev–Trinajstić information content (AvgIpc) is 2.68. The molecule has 2 aliphatic heterocycles. The second-order valence-corrected chi connectivity index (χ2v) is 7.94. The zero-order chi connectivity index (χ0) is 16.1. The molecule has 2 fully saturated rings. The summed E-state index contributed by atoms with van der Waals surface area (Å²) in [5, 5.41) is 9.22. The van der Waals surface area contributed by atoms with Crippen molar-refractivity contribution in [3.63, 3.8) is 0 Å². The van der Waals surface area contributed by atoms with E-state index in [1.54, 1.807) is 4.90 Å². The Morgan fingerprint density at radius 3 is 2.59 bits per heavy atom. The molecule has 0 radical (unpaired) electrons. The number of aliphatic imine (C=N–C) groups is 1. The third kappa shape index (κ3) is 1.90. The van der Waals surface area contributed by atoms with Gasteiger partial charge in [0.1, 0.15) is 5.37 Å². The molecule has 2 heterocycles. The van der Waals surface area contributed by atoms with Gasteiger partial charge in [-0.25, -0.2) is 4.79 Å². The van der Waals surface area contributed by atoms with Gasteiger partial charge in [0, 0.05) is 17.0 Å². The van der Waals surface area contributed by atoms with Crippen LogP contribution in [0.15, 0.2) is 35.3 Å². The van der Waals surface area contributed by atoms with Gasteiger partial charge < -0.3 is 10.0 Å². The molecule has 0 aliphatic carbocycles. The van der Waals surface area contributed by atoms with Gasteiger partial charge in [-0.05, 0) is 26.3 Å². The lowest BCUT2D eigenvalue weighted by molar-refractivity contribution is -0.168. The minimum Gasteiger partial charge on any atom is -0.479 e. The first-order valence-electron chi connectivity index (χ1n) is 7.15. The summed E-state index contributed by atoms with van der Waals surface area (Å²) >= 11 is 1.51. The predicted molar refractivity (Wildman–Crippen MR) is 86.2 cm³/mol. The number of aliphatic carboxylic acids is 1. The third-order valence-electron chi connectivity index (χ3n) is 4.55. The summed E-state index contributed by atoms with van der Waals surface area (Å²) in [6.45, 7) is 6.01. The summed E-state index contributed by atoms with van der Waals surface area (Å²) < 4.78 is -0.181. The van der Waals surface area contributed by atoms with Crippen LogP contribution < -0.4 is 0 Å². The van der Waals surface area contributed by atoms with E-state index in [1.807, 2.05) is 51.1 Å². The molecule has 0 bridgehead atoms. The van der Waals surface area contributed by atoms with Gasteiger partial charge in [-0.1, -0.05) is 30.3 Å². The van der Waals surface area contributed by atoms with Crippen molar-refractivity contribution in [2.75, 3.05) is 0 Å². The molecule has 1 aromatic carbocycles. The number of hydrogen-bond donors (Lipinski definition) is 1. The van der Waals surface area contributed by atoms with Gasteiger partial charge in [0.25, 0.3) is 11.4 Å². The van der Waals surface area contributed by atoms with Crippen LogP contribution in [0.25, 0.3) is 0 Å². The monoisotopic (exact) mass is 318 g/mol. The van der Waals surface area contributed by atoms with Crippen LogP contribution in [-0.4, -0.2) is 49.8 Å². The molecule has 1 N–H and O–H groups in total. The fourth-order valence-corrected chi connectivity index (χ4v) is 4.58. The number of rotatable bonds is 3. The lowest BCUT2D eigenvalue weighted by Gasteiger charge is -2.48. The van der Waals surface area contributed by atoms with Crippen molar-refractivity contribution >= 4 is 29.9 Å². The van der Waals surface area contributed by atoms with Crippen molar-refractivity contribution in [2.24, 2.45) is 4.99 Å². The number of carboxylic acids is 1. The van der Waals surface area contributed by atoms with E-state index < -0.39 is 22.8 Å². The van der Waals surface area contributed by atoms with Crippen LogP contribution in [0.5, 0.6) is 0 Å². The van der Waals surface area contributed by atoms with Crippen molar-refractivity contribution < 1.29 is 14.7 Å². The number of amides is 1. The number of nitrogens with zero attached hydrogens (tertiary/aromatic N) is 2. The maximum atomic E-state index is 12.5. The molecule has 2 aliphatic rings. The molecule has 1 aromatic rings. The molecule has 3 atom stereocenters. The van der Waals surface area contributed by atoms with Crippen LogP contribution in [0.2, 0.25) is 0 Å². The Kier molecular flexibility index (Phi) is 3.32. The number of benzene rings is 1. The van der Waals surface area contributed by atoms with E-state index in [-0.39, 0.29) is 10.8 Å². The summed E-state index contributed by atoms with van der Waals surface area (Å²) in [4.78, 5) is 30.2. The van der Waals surface area contributed by atoms with Gasteiger partial charge in [0.2, 0.25) is 0 Å². The first kappa shape index (κ1) is 15.1. The summed E-state index contributed by atoms with van der Waals surface area (Å²) in [7, 11) is 0. The van der Waals surface area contributed by atoms with Crippen LogP contribution in [0.4, 0.5) is 0 Å². The van der Waals surface area contributed by atoms with E-state index in [0.717, 1.165) is 5.56 Å². The highest BCUT2D eigenvalue weighted by Crippen LogP contribution is 2.56. The topological polar surface area (TPSA) is 70.0 Å². The highest BCUT2D eigenvalue weighted by molar-refractivity contribution is 8.01. The van der Waals surface area contributed by atoms with Crippen LogP contribution in [0.1, 0.15) is 26.3 Å². The number of hydrogen-bond acceptors (Lipinski definition) is 4. The summed E-state index contributed by atoms with van der Waals surface area (Å²) in [6, 6.07) is 9.22. The normalized spacial score (nSPS) is 32.9. The Hall–Kier alpha value is -1.82. The fourth-order valence-electron chi connectivity index (χ4n) is 2.87. The van der Waals surface area contributed by atoms with Gasteiger partial charge in [-0.15, -0.1) is 11.8 Å². The molecule has 0 saturated carbocycles. The summed E-state index contributed by atoms with van der Waals surface area (Å²) in [6.07, 6.45) is 1.49. The maximum Gasteiger partial charge on any atom is 0.344 e. The number of carboxylic acid groups (broad SMARTS) is 1. The second kappa shape index (κ2) is 4.84. The van der Waals surface area contributed by atoms with E-state index in [2.05, 4.69) is 4.99 Å². The number of thioether (sulfide) groups is 1. The Bertz CT molecular complexity index is 659. The molecule has 22 heavy (non-hydrogen) atoms. The Labute approximate surface area is 133 Å². The quantitative estimate of drug-likeness (QED) is 0.526. The fraction of sp³-hybridized carbons (Fsp3) is 0.438. The van der Waals surface area contributed by atoms with Crippen molar-refractivity contribution in [1.82, 2.24) is 4.90 Å². The van der Waals surface area contributed by atoms with Crippen LogP contribution >= 0.6 is 11.8 Å². The van der Waals surface area contributed by atoms with Crippen molar-refractivity contribution in [3.8, 4) is 0 Å². The zero-order valence-corrected chi connectivity index (χ0v) is 13.5. The zero-order valence-electron chi connectivity index (χ0n) is 12.7. The van der Waals surface area contributed by atoms with E-state index in [9.17, 15) is 14.7 Å². The molecule has 3 rings (SSSR count).